The van der Waals surface area contributed by atoms with Gasteiger partial charge in [-0.2, -0.15) is 0 Å². The first kappa shape index (κ1) is 68.1. The zero-order valence-electron chi connectivity index (χ0n) is 46.0. The lowest BCUT2D eigenvalue weighted by atomic mass is 10.0. The Morgan fingerprint density at radius 1 is 0.521 bits per heavy atom. The summed E-state index contributed by atoms with van der Waals surface area (Å²) in [7, 11) is 1.39. The van der Waals surface area contributed by atoms with Crippen LogP contribution in [0.5, 0.6) is 0 Å². The first-order valence-electron chi connectivity index (χ1n) is 28.3. The van der Waals surface area contributed by atoms with Crippen LogP contribution in [0.4, 0.5) is 0 Å². The predicted molar refractivity (Wildman–Crippen MR) is 305 cm³/mol. The van der Waals surface area contributed by atoms with Gasteiger partial charge < -0.3 is 24.9 Å². The number of phosphoric acid groups is 1. The molecule has 4 atom stereocenters. The van der Waals surface area contributed by atoms with E-state index in [1.165, 1.54) is 83.5 Å². The third-order valence-electron chi connectivity index (χ3n) is 12.1. The molecule has 0 saturated heterocycles. The molecular formula is C61H108N2O7P+. The van der Waals surface area contributed by atoms with E-state index in [-0.39, 0.29) is 18.9 Å². The fourth-order valence-electron chi connectivity index (χ4n) is 7.72. The molecule has 4 N–H and O–H groups in total. The Morgan fingerprint density at radius 2 is 0.901 bits per heavy atom. The van der Waals surface area contributed by atoms with E-state index in [0.717, 1.165) is 89.9 Å². The number of aliphatic hydroxyl groups is 2. The zero-order chi connectivity index (χ0) is 52.2. The number of hydrogen-bond acceptors (Lipinski definition) is 6. The van der Waals surface area contributed by atoms with Gasteiger partial charge in [-0.15, -0.1) is 0 Å². The minimum atomic E-state index is -4.44. The number of nitrogens with one attached hydrogen (secondary N) is 1. The van der Waals surface area contributed by atoms with Crippen LogP contribution in [0.15, 0.2) is 109 Å². The van der Waals surface area contributed by atoms with Crippen LogP contribution in [-0.4, -0.2) is 84.6 Å². The Hall–Kier alpha value is -2.88. The van der Waals surface area contributed by atoms with E-state index < -0.39 is 32.7 Å². The van der Waals surface area contributed by atoms with Crippen molar-refractivity contribution in [1.82, 2.24) is 5.32 Å². The normalized spacial score (nSPS) is 15.2. The molecule has 0 saturated carbocycles. The van der Waals surface area contributed by atoms with Gasteiger partial charge in [0.15, 0.2) is 0 Å². The summed E-state index contributed by atoms with van der Waals surface area (Å²) in [6.45, 7) is 4.24. The average molecular weight is 1010 g/mol. The Labute approximate surface area is 436 Å². The highest BCUT2D eigenvalue weighted by Gasteiger charge is 2.31. The number of carbonyl (C=O) groups excluding carboxylic acids is 1. The lowest BCUT2D eigenvalue weighted by molar-refractivity contribution is -0.870. The second-order valence-corrected chi connectivity index (χ2v) is 21.5. The summed E-state index contributed by atoms with van der Waals surface area (Å²) in [4.78, 5) is 23.3. The fraction of sp³-hybridized carbons (Fsp3) is 0.689. The van der Waals surface area contributed by atoms with Gasteiger partial charge in [-0.3, -0.25) is 13.8 Å². The van der Waals surface area contributed by atoms with Crippen LogP contribution in [-0.2, 0) is 18.4 Å². The van der Waals surface area contributed by atoms with Crippen LogP contribution in [0.25, 0.3) is 0 Å². The topological polar surface area (TPSA) is 125 Å². The number of hydrogen-bond donors (Lipinski definition) is 4. The van der Waals surface area contributed by atoms with Gasteiger partial charge in [-0.05, 0) is 110 Å². The monoisotopic (exact) mass is 1010 g/mol. The van der Waals surface area contributed by atoms with Gasteiger partial charge in [0.2, 0.25) is 5.91 Å². The SMILES string of the molecule is C/C=C/CC/C=C/CC/C=C/CCCC(O)C(O)C(COP(=O)(O)OCC[N+](C)(C)C)NC(=O)CCCCCCCCCCCCCCCCCC/C=C\C/C=C\C/C=C\C/C=C\C/C=C\C/C=C\CC. The molecule has 0 aliphatic carbocycles. The van der Waals surface area contributed by atoms with E-state index in [2.05, 4.69) is 122 Å². The van der Waals surface area contributed by atoms with E-state index in [9.17, 15) is 24.5 Å². The van der Waals surface area contributed by atoms with Crippen molar-refractivity contribution in [1.29, 1.82) is 0 Å². The van der Waals surface area contributed by atoms with Gasteiger partial charge in [-0.1, -0.05) is 206 Å². The molecule has 0 aromatic heterocycles. The predicted octanol–water partition coefficient (Wildman–Crippen LogP) is 16.2. The second-order valence-electron chi connectivity index (χ2n) is 20.1. The Balaban J connectivity index is 4.13. The van der Waals surface area contributed by atoms with Crippen molar-refractivity contribution in [2.75, 3.05) is 40.9 Å². The number of amides is 1. The number of quaternary nitrogens is 1. The molecule has 0 aromatic rings. The maximum atomic E-state index is 13.0. The number of allylic oxidation sites excluding steroid dienone is 18. The van der Waals surface area contributed by atoms with Crippen LogP contribution in [0, 0.1) is 0 Å². The Bertz CT molecular complexity index is 1540. The highest BCUT2D eigenvalue weighted by atomic mass is 31.2. The van der Waals surface area contributed by atoms with Crippen molar-refractivity contribution in [3.63, 3.8) is 0 Å². The molecule has 0 aliphatic heterocycles. The highest BCUT2D eigenvalue weighted by molar-refractivity contribution is 7.47. The molecule has 71 heavy (non-hydrogen) atoms. The van der Waals surface area contributed by atoms with Crippen LogP contribution in [0.1, 0.15) is 213 Å². The Morgan fingerprint density at radius 3 is 1.35 bits per heavy atom. The molecule has 0 aromatic carbocycles. The average Bonchev–Trinajstić information content (AvgIpc) is 3.33. The van der Waals surface area contributed by atoms with E-state index >= 15 is 0 Å². The number of carbonyl (C=O) groups is 1. The summed E-state index contributed by atoms with van der Waals surface area (Å²) in [5.41, 5.74) is 0. The first-order valence-corrected chi connectivity index (χ1v) is 29.8. The van der Waals surface area contributed by atoms with Gasteiger partial charge in [0.1, 0.15) is 19.3 Å². The van der Waals surface area contributed by atoms with Crippen molar-refractivity contribution < 1.29 is 38.0 Å². The number of likely N-dealkylation sites (N-methyl/N-ethyl adjacent to an activating group) is 1. The molecule has 0 aliphatic rings. The summed E-state index contributed by atoms with van der Waals surface area (Å²) < 4.78 is 23.6. The summed E-state index contributed by atoms with van der Waals surface area (Å²) in [5, 5.41) is 24.7. The molecule has 408 valence electrons. The molecule has 0 rings (SSSR count). The number of phosphoric ester groups is 1. The standard InChI is InChI=1S/C61H107N2O7P/c1-6-8-10-12-14-16-18-20-21-22-23-24-25-26-27-28-29-30-31-32-33-34-35-36-37-38-39-40-41-42-44-46-48-50-52-54-60(65)62-58(57-70-71(67,68)69-56-55-63(3,4)5)61(66)59(64)53-51-49-47-45-43-19-17-15-13-11-9-7-2/h7-10,14-17,20-21,23-24,26-27,29-30,45,47,58-59,61,64,66H,6,11-13,18-19,22,25,28,31-44,46,48-57H2,1-5H3,(H-,62,65,67,68)/p+1/b9-7+,10-8-,16-14-,17-15+,21-20-,24-23-,27-26-,30-29-,47-45+. The molecule has 0 radical (unpaired) electrons. The maximum absolute atomic E-state index is 13.0. The van der Waals surface area contributed by atoms with Crippen LogP contribution < -0.4 is 5.32 Å². The third kappa shape index (κ3) is 51.8. The van der Waals surface area contributed by atoms with E-state index in [4.69, 9.17) is 9.05 Å². The van der Waals surface area contributed by atoms with Crippen molar-refractivity contribution in [3.05, 3.63) is 109 Å². The van der Waals surface area contributed by atoms with Crippen molar-refractivity contribution in [2.45, 2.75) is 231 Å². The summed E-state index contributed by atoms with van der Waals surface area (Å²) in [5.74, 6) is -0.278. The highest BCUT2D eigenvalue weighted by Crippen LogP contribution is 2.43. The second kappa shape index (κ2) is 50.6. The van der Waals surface area contributed by atoms with Crippen molar-refractivity contribution >= 4 is 13.7 Å². The lowest BCUT2D eigenvalue weighted by Crippen LogP contribution is -2.51. The minimum absolute atomic E-state index is 0.00825. The quantitative estimate of drug-likeness (QED) is 0.0207. The largest absolute Gasteiger partial charge is 0.472 e. The van der Waals surface area contributed by atoms with Gasteiger partial charge in [0.25, 0.3) is 0 Å². The first-order chi connectivity index (χ1) is 34.4. The molecule has 4 unspecified atom stereocenters. The molecule has 9 nitrogen and oxygen atoms in total. The van der Waals surface area contributed by atoms with E-state index in [1.54, 1.807) is 0 Å². The van der Waals surface area contributed by atoms with E-state index in [1.807, 2.05) is 28.1 Å². The van der Waals surface area contributed by atoms with E-state index in [0.29, 0.717) is 30.3 Å². The van der Waals surface area contributed by atoms with Crippen LogP contribution in [0.3, 0.4) is 0 Å². The summed E-state index contributed by atoms with van der Waals surface area (Å²) in [6.07, 6.45) is 70.6. The maximum Gasteiger partial charge on any atom is 0.472 e. The number of nitrogens with zero attached hydrogens (tertiary/aromatic N) is 1. The third-order valence-corrected chi connectivity index (χ3v) is 13.1. The Kier molecular flexibility index (Phi) is 48.6. The zero-order valence-corrected chi connectivity index (χ0v) is 46.9. The van der Waals surface area contributed by atoms with Crippen LogP contribution in [0.2, 0.25) is 0 Å². The van der Waals surface area contributed by atoms with Gasteiger partial charge in [0, 0.05) is 6.42 Å². The number of unbranched alkanes of at least 4 members (excludes halogenated alkanes) is 19. The summed E-state index contributed by atoms with van der Waals surface area (Å²) >= 11 is 0. The molecule has 0 bridgehead atoms. The molecule has 0 fully saturated rings. The molecule has 0 heterocycles. The fourth-order valence-corrected chi connectivity index (χ4v) is 8.45. The summed E-state index contributed by atoms with van der Waals surface area (Å²) in [6, 6.07) is -1.06. The molecule has 1 amide bonds. The number of aliphatic hydroxyl groups excluding tert-OH is 2. The number of rotatable bonds is 50. The van der Waals surface area contributed by atoms with Gasteiger partial charge in [0.05, 0.1) is 39.9 Å². The molecule has 0 spiro atoms. The molecular weight excluding hydrogens is 904 g/mol. The van der Waals surface area contributed by atoms with Crippen molar-refractivity contribution in [3.8, 4) is 0 Å². The molecule has 10 heteroatoms. The van der Waals surface area contributed by atoms with Crippen LogP contribution >= 0.6 is 7.82 Å². The minimum Gasteiger partial charge on any atom is -0.390 e. The van der Waals surface area contributed by atoms with Gasteiger partial charge >= 0.3 is 7.82 Å². The lowest BCUT2D eigenvalue weighted by Gasteiger charge is -2.28. The smallest absolute Gasteiger partial charge is 0.390 e. The van der Waals surface area contributed by atoms with Gasteiger partial charge in [-0.25, -0.2) is 4.57 Å². The van der Waals surface area contributed by atoms with Crippen molar-refractivity contribution in [2.24, 2.45) is 0 Å².